The number of nitro benzene ring substituents is 2. The van der Waals surface area contributed by atoms with E-state index >= 15 is 0 Å². The zero-order valence-electron chi connectivity index (χ0n) is 11.4. The van der Waals surface area contributed by atoms with E-state index in [1.807, 2.05) is 6.92 Å². The Morgan fingerprint density at radius 2 is 1.85 bits per heavy atom. The average molecular weight is 281 g/mol. The van der Waals surface area contributed by atoms with Gasteiger partial charge in [-0.2, -0.15) is 0 Å². The quantitative estimate of drug-likeness (QED) is 0.657. The summed E-state index contributed by atoms with van der Waals surface area (Å²) in [6, 6.07) is 2.95. The highest BCUT2D eigenvalue weighted by atomic mass is 16.6. The van der Waals surface area contributed by atoms with Gasteiger partial charge < -0.3 is 5.32 Å². The van der Waals surface area contributed by atoms with Crippen LogP contribution in [0.4, 0.5) is 11.4 Å². The molecule has 0 bridgehead atoms. The number of amides is 1. The normalized spacial score (nSPS) is 10.9. The topological polar surface area (TPSA) is 115 Å². The second-order valence-corrected chi connectivity index (χ2v) is 4.91. The number of carbonyl (C=O) groups excluding carboxylic acids is 1. The lowest BCUT2D eigenvalue weighted by atomic mass is 10.0. The molecule has 1 aromatic carbocycles. The standard InChI is InChI=1S/C12H15N3O5/c1-4-12(2,3)13-11(16)9-6-5-8(14(17)18)7-10(9)15(19)20/h5-7H,4H2,1-3H3,(H,13,16). The highest BCUT2D eigenvalue weighted by molar-refractivity contribution is 5.98. The number of rotatable bonds is 5. The van der Waals surface area contributed by atoms with Crippen molar-refractivity contribution in [3.05, 3.63) is 44.0 Å². The summed E-state index contributed by atoms with van der Waals surface area (Å²) >= 11 is 0. The molecule has 0 aromatic heterocycles. The number of carbonyl (C=O) groups is 1. The molecule has 0 spiro atoms. The molecule has 0 aliphatic heterocycles. The molecule has 108 valence electrons. The Hall–Kier alpha value is -2.51. The van der Waals surface area contributed by atoms with Gasteiger partial charge in [0, 0.05) is 11.6 Å². The van der Waals surface area contributed by atoms with E-state index in [4.69, 9.17) is 0 Å². The number of hydrogen-bond acceptors (Lipinski definition) is 5. The highest BCUT2D eigenvalue weighted by Crippen LogP contribution is 2.25. The van der Waals surface area contributed by atoms with E-state index in [1.54, 1.807) is 13.8 Å². The van der Waals surface area contributed by atoms with E-state index in [0.29, 0.717) is 6.42 Å². The molecule has 1 amide bonds. The van der Waals surface area contributed by atoms with Gasteiger partial charge in [0.15, 0.2) is 0 Å². The van der Waals surface area contributed by atoms with Gasteiger partial charge in [-0.05, 0) is 26.3 Å². The van der Waals surface area contributed by atoms with Crippen LogP contribution >= 0.6 is 0 Å². The zero-order valence-corrected chi connectivity index (χ0v) is 11.4. The van der Waals surface area contributed by atoms with Gasteiger partial charge in [-0.15, -0.1) is 0 Å². The molecular weight excluding hydrogens is 266 g/mol. The Kier molecular flexibility index (Phi) is 4.38. The monoisotopic (exact) mass is 281 g/mol. The van der Waals surface area contributed by atoms with E-state index in [1.165, 1.54) is 0 Å². The van der Waals surface area contributed by atoms with E-state index in [0.717, 1.165) is 18.2 Å². The second-order valence-electron chi connectivity index (χ2n) is 4.91. The Morgan fingerprint density at radius 1 is 1.25 bits per heavy atom. The largest absolute Gasteiger partial charge is 0.347 e. The molecule has 1 rings (SSSR count). The van der Waals surface area contributed by atoms with Crippen LogP contribution in [0.15, 0.2) is 18.2 Å². The maximum absolute atomic E-state index is 12.0. The predicted molar refractivity (Wildman–Crippen MR) is 71.6 cm³/mol. The first-order valence-corrected chi connectivity index (χ1v) is 5.93. The number of nitro groups is 2. The molecule has 0 saturated heterocycles. The third kappa shape index (κ3) is 3.50. The molecule has 8 heteroatoms. The number of benzene rings is 1. The second kappa shape index (κ2) is 5.64. The maximum atomic E-state index is 12.0. The lowest BCUT2D eigenvalue weighted by Crippen LogP contribution is -2.42. The molecule has 20 heavy (non-hydrogen) atoms. The van der Waals surface area contributed by atoms with Crippen molar-refractivity contribution in [3.63, 3.8) is 0 Å². The number of nitrogens with zero attached hydrogens (tertiary/aromatic N) is 2. The molecule has 0 heterocycles. The summed E-state index contributed by atoms with van der Waals surface area (Å²) in [7, 11) is 0. The third-order valence-corrected chi connectivity index (χ3v) is 2.97. The Bertz CT molecular complexity index is 568. The maximum Gasteiger partial charge on any atom is 0.289 e. The van der Waals surface area contributed by atoms with Crippen molar-refractivity contribution in [1.29, 1.82) is 0 Å². The average Bonchev–Trinajstić information content (AvgIpc) is 2.37. The zero-order chi connectivity index (χ0) is 15.5. The van der Waals surface area contributed by atoms with Gasteiger partial charge in [-0.25, -0.2) is 0 Å². The molecule has 1 N–H and O–H groups in total. The van der Waals surface area contributed by atoms with Crippen molar-refractivity contribution in [3.8, 4) is 0 Å². The first-order valence-electron chi connectivity index (χ1n) is 5.93. The van der Waals surface area contributed by atoms with Gasteiger partial charge in [-0.3, -0.25) is 25.0 Å². The highest BCUT2D eigenvalue weighted by Gasteiger charge is 2.27. The van der Waals surface area contributed by atoms with Crippen molar-refractivity contribution in [2.75, 3.05) is 0 Å². The summed E-state index contributed by atoms with van der Waals surface area (Å²) in [6.07, 6.45) is 0.638. The van der Waals surface area contributed by atoms with E-state index in [-0.39, 0.29) is 5.56 Å². The van der Waals surface area contributed by atoms with Crippen LogP contribution in [0.25, 0.3) is 0 Å². The van der Waals surface area contributed by atoms with Crippen molar-refractivity contribution < 1.29 is 14.6 Å². The summed E-state index contributed by atoms with van der Waals surface area (Å²) in [5, 5.41) is 24.2. The van der Waals surface area contributed by atoms with Crippen LogP contribution < -0.4 is 5.32 Å². The van der Waals surface area contributed by atoms with Crippen LogP contribution in [-0.2, 0) is 0 Å². The van der Waals surface area contributed by atoms with Crippen LogP contribution in [-0.4, -0.2) is 21.3 Å². The van der Waals surface area contributed by atoms with Crippen molar-refractivity contribution in [2.24, 2.45) is 0 Å². The number of non-ortho nitro benzene ring substituents is 1. The van der Waals surface area contributed by atoms with Crippen LogP contribution in [0.2, 0.25) is 0 Å². The third-order valence-electron chi connectivity index (χ3n) is 2.97. The molecule has 0 fully saturated rings. The molecular formula is C12H15N3O5. The summed E-state index contributed by atoms with van der Waals surface area (Å²) in [5.41, 5.74) is -1.72. The molecule has 0 saturated carbocycles. The lowest BCUT2D eigenvalue weighted by Gasteiger charge is -2.24. The molecule has 1 aromatic rings. The minimum atomic E-state index is -0.805. The van der Waals surface area contributed by atoms with Crippen molar-refractivity contribution in [1.82, 2.24) is 5.32 Å². The van der Waals surface area contributed by atoms with Gasteiger partial charge >= 0.3 is 0 Å². The van der Waals surface area contributed by atoms with Gasteiger partial charge in [-0.1, -0.05) is 6.92 Å². The van der Waals surface area contributed by atoms with E-state index < -0.39 is 32.7 Å². The predicted octanol–water partition coefficient (Wildman–Crippen LogP) is 2.42. The molecule has 0 radical (unpaired) electrons. The van der Waals surface area contributed by atoms with Gasteiger partial charge in [0.1, 0.15) is 5.56 Å². The molecule has 0 aliphatic carbocycles. The summed E-state index contributed by atoms with van der Waals surface area (Å²) in [4.78, 5) is 32.0. The number of nitrogens with one attached hydrogen (secondary N) is 1. The van der Waals surface area contributed by atoms with Crippen LogP contribution in [0.1, 0.15) is 37.6 Å². The first-order chi connectivity index (χ1) is 9.18. The van der Waals surface area contributed by atoms with Gasteiger partial charge in [0.05, 0.1) is 15.9 Å². The van der Waals surface area contributed by atoms with E-state index in [9.17, 15) is 25.0 Å². The molecule has 8 nitrogen and oxygen atoms in total. The van der Waals surface area contributed by atoms with Crippen molar-refractivity contribution in [2.45, 2.75) is 32.7 Å². The Balaban J connectivity index is 3.21. The van der Waals surface area contributed by atoms with Gasteiger partial charge in [0.2, 0.25) is 0 Å². The van der Waals surface area contributed by atoms with Crippen LogP contribution in [0.3, 0.4) is 0 Å². The minimum Gasteiger partial charge on any atom is -0.347 e. The van der Waals surface area contributed by atoms with Crippen molar-refractivity contribution >= 4 is 17.3 Å². The molecule has 0 aliphatic rings. The lowest BCUT2D eigenvalue weighted by molar-refractivity contribution is -0.394. The van der Waals surface area contributed by atoms with E-state index in [2.05, 4.69) is 5.32 Å². The molecule has 0 unspecified atom stereocenters. The Morgan fingerprint density at radius 3 is 2.30 bits per heavy atom. The summed E-state index contributed by atoms with van der Waals surface area (Å²) in [5.74, 6) is -0.626. The van der Waals surface area contributed by atoms with Gasteiger partial charge in [0.25, 0.3) is 17.3 Å². The van der Waals surface area contributed by atoms with Crippen LogP contribution in [0.5, 0.6) is 0 Å². The minimum absolute atomic E-state index is 0.192. The smallest absolute Gasteiger partial charge is 0.289 e. The molecule has 0 atom stereocenters. The summed E-state index contributed by atoms with van der Waals surface area (Å²) in [6.45, 7) is 5.43. The fourth-order valence-corrected chi connectivity index (χ4v) is 1.44. The summed E-state index contributed by atoms with van der Waals surface area (Å²) < 4.78 is 0. The fourth-order valence-electron chi connectivity index (χ4n) is 1.44. The Labute approximate surface area is 115 Å². The van der Waals surface area contributed by atoms with Crippen LogP contribution in [0, 0.1) is 20.2 Å². The first kappa shape index (κ1) is 15.5. The fraction of sp³-hybridized carbons (Fsp3) is 0.417. The SMILES string of the molecule is CCC(C)(C)NC(=O)c1ccc([N+](=O)[O-])cc1[N+](=O)[O-]. The number of hydrogen-bond donors (Lipinski definition) is 1.